The maximum Gasteiger partial charge on any atom is 0.334 e. The molecule has 2 unspecified atom stereocenters. The van der Waals surface area contributed by atoms with Crippen molar-refractivity contribution in [3.05, 3.63) is 180 Å². The van der Waals surface area contributed by atoms with Crippen LogP contribution in [0.2, 0.25) is 0 Å². The Kier molecular flexibility index (Phi) is 6.80. The fourth-order valence-electron chi connectivity index (χ4n) is 8.73. The number of benzene rings is 7. The van der Waals surface area contributed by atoms with Gasteiger partial charge in [0.25, 0.3) is 0 Å². The lowest BCUT2D eigenvalue weighted by atomic mass is 9.69. The molecule has 10 aromatic rings. The zero-order valence-electron chi connectivity index (χ0n) is 29.0. The van der Waals surface area contributed by atoms with Crippen molar-refractivity contribution < 1.29 is 9.10 Å². The molecular formula is C48H33N3OS. The predicted octanol–water partition coefficient (Wildman–Crippen LogP) is 11.9. The van der Waals surface area contributed by atoms with Crippen LogP contribution in [0.15, 0.2) is 162 Å². The van der Waals surface area contributed by atoms with Crippen LogP contribution in [0, 0.1) is 0 Å². The second kappa shape index (κ2) is 11.9. The third-order valence-corrected chi connectivity index (χ3v) is 12.3. The van der Waals surface area contributed by atoms with Gasteiger partial charge in [-0.15, -0.1) is 11.3 Å². The molecule has 53 heavy (non-hydrogen) atoms. The van der Waals surface area contributed by atoms with Crippen molar-refractivity contribution >= 4 is 53.4 Å². The van der Waals surface area contributed by atoms with Gasteiger partial charge in [0.2, 0.25) is 5.82 Å². The maximum atomic E-state index is 6.45. The lowest BCUT2D eigenvalue weighted by molar-refractivity contribution is -0.737. The molecule has 0 fully saturated rings. The normalized spacial score (nSPS) is 15.3. The van der Waals surface area contributed by atoms with Gasteiger partial charge >= 0.3 is 5.82 Å². The SMILES string of the molecule is CC1c2ccccc2-c2c(ccc3sc4ccc(-c5nc(-c6cccc7c6oc6ccccc67)[n-][n+]5Cc5ccccc5)cc4c23)C1c1ccccc1. The summed E-state index contributed by atoms with van der Waals surface area (Å²) in [5.74, 6) is 2.10. The first kappa shape index (κ1) is 30.3. The van der Waals surface area contributed by atoms with Crippen molar-refractivity contribution in [2.45, 2.75) is 25.3 Å². The lowest BCUT2D eigenvalue weighted by Crippen LogP contribution is -2.40. The third-order valence-electron chi connectivity index (χ3n) is 11.1. The molecule has 1 aliphatic carbocycles. The first-order valence-electron chi connectivity index (χ1n) is 18.2. The molecule has 7 aromatic carbocycles. The highest BCUT2D eigenvalue weighted by molar-refractivity contribution is 7.26. The fourth-order valence-corrected chi connectivity index (χ4v) is 9.83. The Balaban J connectivity index is 1.14. The van der Waals surface area contributed by atoms with Gasteiger partial charge in [0.15, 0.2) is 0 Å². The number of aromatic nitrogens is 3. The quantitative estimate of drug-likeness (QED) is 0.168. The highest BCUT2D eigenvalue weighted by Gasteiger charge is 2.34. The Labute approximate surface area is 310 Å². The summed E-state index contributed by atoms with van der Waals surface area (Å²) in [6, 6.07) is 56.6. The van der Waals surface area contributed by atoms with E-state index in [0.717, 1.165) is 38.9 Å². The van der Waals surface area contributed by atoms with E-state index in [4.69, 9.17) is 14.5 Å². The second-order valence-corrected chi connectivity index (χ2v) is 15.2. The summed E-state index contributed by atoms with van der Waals surface area (Å²) >= 11 is 1.87. The number of furan rings is 1. The summed E-state index contributed by atoms with van der Waals surface area (Å²) in [5, 5.41) is 9.95. The average molecular weight is 700 g/mol. The molecule has 0 spiro atoms. The molecule has 0 radical (unpaired) electrons. The molecule has 0 amide bonds. The van der Waals surface area contributed by atoms with Crippen LogP contribution in [0.25, 0.3) is 76.0 Å². The van der Waals surface area contributed by atoms with Gasteiger partial charge in [-0.2, -0.15) is 0 Å². The minimum Gasteiger partial charge on any atom is -0.455 e. The largest absolute Gasteiger partial charge is 0.455 e. The Bertz CT molecular complexity index is 3010. The van der Waals surface area contributed by atoms with Crippen molar-refractivity contribution in [1.29, 1.82) is 0 Å². The van der Waals surface area contributed by atoms with Crippen LogP contribution in [0.4, 0.5) is 0 Å². The van der Waals surface area contributed by atoms with Gasteiger partial charge in [0, 0.05) is 36.9 Å². The third kappa shape index (κ3) is 4.74. The summed E-state index contributed by atoms with van der Waals surface area (Å²) in [7, 11) is 0. The molecule has 0 bridgehead atoms. The molecule has 4 nitrogen and oxygen atoms in total. The van der Waals surface area contributed by atoms with E-state index in [0.29, 0.717) is 18.3 Å². The number of thiophene rings is 1. The van der Waals surface area contributed by atoms with E-state index in [2.05, 4.69) is 157 Å². The summed E-state index contributed by atoms with van der Waals surface area (Å²) < 4.78 is 11.1. The van der Waals surface area contributed by atoms with E-state index in [1.165, 1.54) is 53.6 Å². The molecule has 0 aliphatic heterocycles. The Morgan fingerprint density at radius 2 is 1.40 bits per heavy atom. The molecule has 0 N–H and O–H groups in total. The summed E-state index contributed by atoms with van der Waals surface area (Å²) in [4.78, 5) is 5.32. The molecule has 0 saturated heterocycles. The van der Waals surface area contributed by atoms with Crippen molar-refractivity contribution in [1.82, 2.24) is 10.1 Å². The highest BCUT2D eigenvalue weighted by Crippen LogP contribution is 2.54. The van der Waals surface area contributed by atoms with E-state index < -0.39 is 0 Å². The molecular weight excluding hydrogens is 667 g/mol. The van der Waals surface area contributed by atoms with Crippen LogP contribution in [0.1, 0.15) is 41.0 Å². The summed E-state index contributed by atoms with van der Waals surface area (Å²) in [6.45, 7) is 2.98. The van der Waals surface area contributed by atoms with Crippen LogP contribution in [-0.4, -0.2) is 4.98 Å². The monoisotopic (exact) mass is 699 g/mol. The summed E-state index contributed by atoms with van der Waals surface area (Å²) in [5.41, 5.74) is 11.6. The van der Waals surface area contributed by atoms with Crippen LogP contribution < -0.4 is 9.78 Å². The van der Waals surface area contributed by atoms with Gasteiger partial charge in [-0.25, -0.2) is 9.78 Å². The Morgan fingerprint density at radius 3 is 2.28 bits per heavy atom. The first-order valence-corrected chi connectivity index (χ1v) is 19.0. The van der Waals surface area contributed by atoms with Crippen molar-refractivity contribution in [3.8, 4) is 33.9 Å². The van der Waals surface area contributed by atoms with Crippen molar-refractivity contribution in [2.75, 3.05) is 0 Å². The average Bonchev–Trinajstić information content (AvgIpc) is 3.92. The number of hydrogen-bond acceptors (Lipinski definition) is 3. The Hall–Kier alpha value is -6.30. The van der Waals surface area contributed by atoms with Gasteiger partial charge in [-0.1, -0.05) is 128 Å². The van der Waals surface area contributed by atoms with E-state index in [1.54, 1.807) is 0 Å². The minimum absolute atomic E-state index is 0.265. The fraction of sp³-hybridized carbons (Fsp3) is 0.0833. The van der Waals surface area contributed by atoms with Crippen molar-refractivity contribution in [3.63, 3.8) is 0 Å². The van der Waals surface area contributed by atoms with Crippen LogP contribution in [0.5, 0.6) is 0 Å². The van der Waals surface area contributed by atoms with Crippen molar-refractivity contribution in [2.24, 2.45) is 0 Å². The van der Waals surface area contributed by atoms with Crippen LogP contribution in [0.3, 0.4) is 0 Å². The van der Waals surface area contributed by atoms with E-state index >= 15 is 0 Å². The van der Waals surface area contributed by atoms with Gasteiger partial charge < -0.3 is 4.42 Å². The predicted molar refractivity (Wildman–Crippen MR) is 216 cm³/mol. The van der Waals surface area contributed by atoms with E-state index in [-0.39, 0.29) is 5.92 Å². The van der Waals surface area contributed by atoms with Gasteiger partial charge in [-0.3, -0.25) is 0 Å². The first-order chi connectivity index (χ1) is 26.2. The van der Waals surface area contributed by atoms with Gasteiger partial charge in [-0.05, 0) is 80.7 Å². The highest BCUT2D eigenvalue weighted by atomic mass is 32.1. The zero-order chi connectivity index (χ0) is 35.0. The van der Waals surface area contributed by atoms with E-state index in [1.807, 2.05) is 23.5 Å². The number of para-hydroxylation sites is 2. The molecule has 11 rings (SSSR count). The number of rotatable bonds is 5. The number of nitrogens with zero attached hydrogens (tertiary/aromatic N) is 3. The molecule has 2 atom stereocenters. The lowest BCUT2D eigenvalue weighted by Gasteiger charge is -2.34. The zero-order valence-corrected chi connectivity index (χ0v) is 29.8. The van der Waals surface area contributed by atoms with E-state index in [9.17, 15) is 0 Å². The summed E-state index contributed by atoms with van der Waals surface area (Å²) in [6.07, 6.45) is 0. The smallest absolute Gasteiger partial charge is 0.334 e. The topological polar surface area (TPSA) is 44.0 Å². The van der Waals surface area contributed by atoms with Gasteiger partial charge in [0.05, 0.1) is 11.1 Å². The number of hydrogen-bond donors (Lipinski definition) is 0. The molecule has 0 saturated carbocycles. The molecule has 5 heteroatoms. The molecule has 1 aliphatic rings. The Morgan fingerprint density at radius 1 is 0.660 bits per heavy atom. The molecule has 252 valence electrons. The second-order valence-electron chi connectivity index (χ2n) is 14.2. The maximum absolute atomic E-state index is 6.45. The number of fused-ring (bicyclic) bond motifs is 10. The van der Waals surface area contributed by atoms with Crippen LogP contribution in [-0.2, 0) is 6.54 Å². The van der Waals surface area contributed by atoms with Crippen LogP contribution >= 0.6 is 11.3 Å². The molecule has 3 heterocycles. The van der Waals surface area contributed by atoms with Gasteiger partial charge in [0.1, 0.15) is 17.7 Å². The minimum atomic E-state index is 0.265. The standard InChI is InChI=1S/C48H33N3OS/c1-29-33-17-8-9-19-35(33)44-37(43(29)31-15-6-3-7-16-31)24-26-42-45(44)39-27-32(23-25-41(39)53-42)48-49-47(50-51(48)28-30-13-4-2-5-14-30)38-21-12-20-36-34-18-10-11-22-40(34)52-46(36)38/h2-27,29,43H,28H2,1H3. The molecule has 3 aromatic heterocycles.